The predicted octanol–water partition coefficient (Wildman–Crippen LogP) is 4.35. The van der Waals surface area contributed by atoms with Gasteiger partial charge in [-0.3, -0.25) is 15.5 Å². The molecule has 0 aromatic heterocycles. The SMILES string of the molecule is O=[N+]([O-])c1ccc(Cl)c(Cl)c1C=NNc1ccccc1. The van der Waals surface area contributed by atoms with Crippen molar-refractivity contribution in [2.24, 2.45) is 5.10 Å². The lowest BCUT2D eigenvalue weighted by Crippen LogP contribution is -1.98. The molecule has 1 N–H and O–H groups in total. The van der Waals surface area contributed by atoms with Crippen LogP contribution in [-0.2, 0) is 0 Å². The summed E-state index contributed by atoms with van der Waals surface area (Å²) in [6, 6.07) is 11.8. The van der Waals surface area contributed by atoms with Gasteiger partial charge < -0.3 is 0 Å². The van der Waals surface area contributed by atoms with Crippen LogP contribution < -0.4 is 5.43 Å². The summed E-state index contributed by atoms with van der Waals surface area (Å²) in [7, 11) is 0. The summed E-state index contributed by atoms with van der Waals surface area (Å²) in [5, 5.41) is 15.2. The van der Waals surface area contributed by atoms with E-state index >= 15 is 0 Å². The number of anilines is 1. The minimum absolute atomic E-state index is 0.0967. The highest BCUT2D eigenvalue weighted by Gasteiger charge is 2.17. The highest BCUT2D eigenvalue weighted by Crippen LogP contribution is 2.31. The van der Waals surface area contributed by atoms with E-state index in [1.165, 1.54) is 18.3 Å². The van der Waals surface area contributed by atoms with Gasteiger partial charge in [-0.2, -0.15) is 5.10 Å². The predicted molar refractivity (Wildman–Crippen MR) is 80.8 cm³/mol. The zero-order valence-corrected chi connectivity index (χ0v) is 11.6. The van der Waals surface area contributed by atoms with Crippen LogP contribution in [0, 0.1) is 10.1 Å². The number of hydrogen-bond acceptors (Lipinski definition) is 4. The van der Waals surface area contributed by atoms with Crippen LogP contribution in [0.25, 0.3) is 0 Å². The van der Waals surface area contributed by atoms with E-state index in [1.54, 1.807) is 0 Å². The largest absolute Gasteiger partial charge is 0.279 e. The lowest BCUT2D eigenvalue weighted by molar-refractivity contribution is -0.385. The summed E-state index contributed by atoms with van der Waals surface area (Å²) >= 11 is 11.8. The van der Waals surface area contributed by atoms with Crippen LogP contribution in [0.1, 0.15) is 5.56 Å². The number of nitrogens with one attached hydrogen (secondary N) is 1. The Morgan fingerprint density at radius 3 is 2.50 bits per heavy atom. The number of nitro groups is 1. The van der Waals surface area contributed by atoms with Crippen LogP contribution >= 0.6 is 23.2 Å². The first-order chi connectivity index (χ1) is 9.59. The second-order valence-electron chi connectivity index (χ2n) is 3.79. The quantitative estimate of drug-likeness (QED) is 0.518. The molecule has 0 saturated carbocycles. The Kier molecular flexibility index (Phi) is 4.55. The third-order valence-electron chi connectivity index (χ3n) is 2.47. The Labute approximate surface area is 125 Å². The van der Waals surface area contributed by atoms with Crippen molar-refractivity contribution in [2.75, 3.05) is 5.43 Å². The molecule has 20 heavy (non-hydrogen) atoms. The number of hydrazone groups is 1. The molecule has 0 aliphatic rings. The van der Waals surface area contributed by atoms with E-state index in [-0.39, 0.29) is 21.3 Å². The van der Waals surface area contributed by atoms with Gasteiger partial charge in [0.15, 0.2) is 0 Å². The number of nitro benzene ring substituents is 1. The maximum Gasteiger partial charge on any atom is 0.279 e. The Bertz CT molecular complexity index is 660. The maximum atomic E-state index is 10.9. The van der Waals surface area contributed by atoms with E-state index < -0.39 is 4.92 Å². The molecule has 0 bridgehead atoms. The topological polar surface area (TPSA) is 67.5 Å². The number of para-hydroxylation sites is 1. The summed E-state index contributed by atoms with van der Waals surface area (Å²) in [5.74, 6) is 0. The Morgan fingerprint density at radius 2 is 1.85 bits per heavy atom. The Hall–Kier alpha value is -2.11. The van der Waals surface area contributed by atoms with E-state index in [2.05, 4.69) is 10.5 Å². The van der Waals surface area contributed by atoms with Crippen LogP contribution in [0.15, 0.2) is 47.6 Å². The van der Waals surface area contributed by atoms with Crippen molar-refractivity contribution >= 4 is 40.8 Å². The zero-order chi connectivity index (χ0) is 14.5. The number of nitrogens with zero attached hydrogens (tertiary/aromatic N) is 2. The minimum Gasteiger partial charge on any atom is -0.278 e. The number of halogens is 2. The maximum absolute atomic E-state index is 10.9. The van der Waals surface area contributed by atoms with Gasteiger partial charge in [-0.1, -0.05) is 41.4 Å². The Morgan fingerprint density at radius 1 is 1.15 bits per heavy atom. The van der Waals surface area contributed by atoms with Gasteiger partial charge in [0.25, 0.3) is 5.69 Å². The lowest BCUT2D eigenvalue weighted by atomic mass is 10.2. The van der Waals surface area contributed by atoms with Crippen molar-refractivity contribution in [3.63, 3.8) is 0 Å². The van der Waals surface area contributed by atoms with Crippen LogP contribution in [-0.4, -0.2) is 11.1 Å². The van der Waals surface area contributed by atoms with Gasteiger partial charge in [-0.05, 0) is 18.2 Å². The van der Waals surface area contributed by atoms with Crippen LogP contribution in [0.5, 0.6) is 0 Å². The molecule has 0 unspecified atom stereocenters. The molecule has 0 spiro atoms. The molecule has 0 atom stereocenters. The molecule has 0 radical (unpaired) electrons. The van der Waals surface area contributed by atoms with Crippen molar-refractivity contribution in [1.29, 1.82) is 0 Å². The molecule has 0 aliphatic carbocycles. The summed E-state index contributed by atoms with van der Waals surface area (Å²) < 4.78 is 0. The second kappa shape index (κ2) is 6.36. The molecule has 0 aliphatic heterocycles. The van der Waals surface area contributed by atoms with Crippen LogP contribution in [0.2, 0.25) is 10.0 Å². The molecule has 0 heterocycles. The zero-order valence-electron chi connectivity index (χ0n) is 10.1. The molecule has 0 fully saturated rings. The van der Waals surface area contributed by atoms with Crippen LogP contribution in [0.4, 0.5) is 11.4 Å². The third kappa shape index (κ3) is 3.26. The molecule has 5 nitrogen and oxygen atoms in total. The summed E-state index contributed by atoms with van der Waals surface area (Å²) in [6.45, 7) is 0. The van der Waals surface area contributed by atoms with Crippen molar-refractivity contribution in [3.05, 3.63) is 68.2 Å². The van der Waals surface area contributed by atoms with Crippen molar-refractivity contribution in [1.82, 2.24) is 0 Å². The molecule has 2 rings (SSSR count). The first-order valence-corrected chi connectivity index (χ1v) is 6.31. The lowest BCUT2D eigenvalue weighted by Gasteiger charge is -2.03. The summed E-state index contributed by atoms with van der Waals surface area (Å²) in [5.41, 5.74) is 3.51. The van der Waals surface area contributed by atoms with Gasteiger partial charge in [0, 0.05) is 6.07 Å². The standard InChI is InChI=1S/C13H9Cl2N3O2/c14-11-6-7-12(18(19)20)10(13(11)15)8-16-17-9-4-2-1-3-5-9/h1-8,17H. The first kappa shape index (κ1) is 14.3. The van der Waals surface area contributed by atoms with Gasteiger partial charge in [-0.15, -0.1) is 0 Å². The fourth-order valence-corrected chi connectivity index (χ4v) is 1.90. The summed E-state index contributed by atoms with van der Waals surface area (Å²) in [4.78, 5) is 10.4. The van der Waals surface area contributed by atoms with Crippen molar-refractivity contribution in [3.8, 4) is 0 Å². The van der Waals surface area contributed by atoms with E-state index in [9.17, 15) is 10.1 Å². The van der Waals surface area contributed by atoms with E-state index in [0.29, 0.717) is 0 Å². The van der Waals surface area contributed by atoms with Gasteiger partial charge in [0.05, 0.1) is 32.4 Å². The van der Waals surface area contributed by atoms with E-state index in [1.807, 2.05) is 30.3 Å². The van der Waals surface area contributed by atoms with Crippen molar-refractivity contribution < 1.29 is 4.92 Å². The van der Waals surface area contributed by atoms with E-state index in [0.717, 1.165) is 5.69 Å². The highest BCUT2D eigenvalue weighted by molar-refractivity contribution is 6.43. The Balaban J connectivity index is 2.28. The van der Waals surface area contributed by atoms with Gasteiger partial charge in [-0.25, -0.2) is 0 Å². The van der Waals surface area contributed by atoms with Gasteiger partial charge in [0.2, 0.25) is 0 Å². The molecule has 7 heteroatoms. The smallest absolute Gasteiger partial charge is 0.278 e. The fourth-order valence-electron chi connectivity index (χ4n) is 1.52. The average Bonchev–Trinajstić information content (AvgIpc) is 2.44. The van der Waals surface area contributed by atoms with Crippen LogP contribution in [0.3, 0.4) is 0 Å². The number of hydrogen-bond donors (Lipinski definition) is 1. The van der Waals surface area contributed by atoms with Gasteiger partial charge in [0.1, 0.15) is 0 Å². The molecular formula is C13H9Cl2N3O2. The monoisotopic (exact) mass is 309 g/mol. The van der Waals surface area contributed by atoms with Crippen molar-refractivity contribution in [2.45, 2.75) is 0 Å². The highest BCUT2D eigenvalue weighted by atomic mass is 35.5. The first-order valence-electron chi connectivity index (χ1n) is 5.56. The molecule has 0 amide bonds. The second-order valence-corrected chi connectivity index (χ2v) is 4.57. The normalized spacial score (nSPS) is 10.7. The minimum atomic E-state index is -0.536. The molecule has 2 aromatic carbocycles. The molecule has 0 saturated heterocycles. The third-order valence-corrected chi connectivity index (χ3v) is 3.29. The summed E-state index contributed by atoms with van der Waals surface area (Å²) in [6.07, 6.45) is 1.28. The van der Waals surface area contributed by atoms with Gasteiger partial charge >= 0.3 is 0 Å². The average molecular weight is 310 g/mol. The van der Waals surface area contributed by atoms with E-state index in [4.69, 9.17) is 23.2 Å². The number of rotatable bonds is 4. The molecular weight excluding hydrogens is 301 g/mol. The molecule has 2 aromatic rings. The fraction of sp³-hybridized carbons (Fsp3) is 0. The molecule has 102 valence electrons. The number of benzene rings is 2.